The zero-order chi connectivity index (χ0) is 13.7. The van der Waals surface area contributed by atoms with Crippen molar-refractivity contribution >= 4 is 0 Å². The predicted octanol–water partition coefficient (Wildman–Crippen LogP) is 2.61. The molecule has 3 N–H and O–H groups in total. The number of benzene rings is 1. The molecular formula is C16H26N2O. The van der Waals surface area contributed by atoms with Crippen molar-refractivity contribution in [2.75, 3.05) is 13.2 Å². The van der Waals surface area contributed by atoms with Crippen LogP contribution in [0.15, 0.2) is 24.3 Å². The Kier molecular flexibility index (Phi) is 5.37. The van der Waals surface area contributed by atoms with Crippen LogP contribution in [0.5, 0.6) is 0 Å². The Morgan fingerprint density at radius 3 is 2.58 bits per heavy atom. The quantitative estimate of drug-likeness (QED) is 0.612. The summed E-state index contributed by atoms with van der Waals surface area (Å²) in [5, 5.41) is 0. The lowest BCUT2D eigenvalue weighted by Gasteiger charge is -2.19. The van der Waals surface area contributed by atoms with Crippen LogP contribution in [0.25, 0.3) is 0 Å². The van der Waals surface area contributed by atoms with Gasteiger partial charge in [-0.1, -0.05) is 38.1 Å². The first-order valence-corrected chi connectivity index (χ1v) is 7.31. The second-order valence-corrected chi connectivity index (χ2v) is 5.93. The fourth-order valence-electron chi connectivity index (χ4n) is 2.71. The van der Waals surface area contributed by atoms with Gasteiger partial charge in [0.15, 0.2) is 0 Å². The standard InChI is InChI=1S/C16H26N2O/c1-12(2)15-5-3-13(4-6-15)9-16(18-17)10-14-7-8-19-11-14/h3-6,12,14,16,18H,7-11,17H2,1-2H3. The Bertz CT molecular complexity index is 369. The first kappa shape index (κ1) is 14.5. The van der Waals surface area contributed by atoms with E-state index in [9.17, 15) is 0 Å². The topological polar surface area (TPSA) is 47.3 Å². The van der Waals surface area contributed by atoms with E-state index in [1.54, 1.807) is 0 Å². The van der Waals surface area contributed by atoms with Crippen molar-refractivity contribution in [2.24, 2.45) is 11.8 Å². The first-order chi connectivity index (χ1) is 9.19. The maximum absolute atomic E-state index is 5.69. The van der Waals surface area contributed by atoms with Crippen LogP contribution < -0.4 is 11.3 Å². The lowest BCUT2D eigenvalue weighted by atomic mass is 9.94. The smallest absolute Gasteiger partial charge is 0.0495 e. The molecule has 1 aliphatic rings. The highest BCUT2D eigenvalue weighted by molar-refractivity contribution is 5.25. The summed E-state index contributed by atoms with van der Waals surface area (Å²) in [6.45, 7) is 6.24. The van der Waals surface area contributed by atoms with Crippen molar-refractivity contribution in [1.29, 1.82) is 0 Å². The van der Waals surface area contributed by atoms with Crippen LogP contribution in [-0.4, -0.2) is 19.3 Å². The van der Waals surface area contributed by atoms with Gasteiger partial charge in [-0.15, -0.1) is 0 Å². The van der Waals surface area contributed by atoms with Crippen LogP contribution >= 0.6 is 0 Å². The molecule has 1 aromatic rings. The van der Waals surface area contributed by atoms with Crippen LogP contribution in [0.4, 0.5) is 0 Å². The molecule has 2 unspecified atom stereocenters. The van der Waals surface area contributed by atoms with Crippen LogP contribution in [0.2, 0.25) is 0 Å². The van der Waals surface area contributed by atoms with Crippen LogP contribution in [-0.2, 0) is 11.2 Å². The molecule has 0 bridgehead atoms. The van der Waals surface area contributed by atoms with Crippen molar-refractivity contribution in [3.8, 4) is 0 Å². The fourth-order valence-corrected chi connectivity index (χ4v) is 2.71. The van der Waals surface area contributed by atoms with Crippen LogP contribution in [0.1, 0.15) is 43.7 Å². The Morgan fingerprint density at radius 1 is 1.32 bits per heavy atom. The number of nitrogens with one attached hydrogen (secondary N) is 1. The van der Waals surface area contributed by atoms with Gasteiger partial charge in [-0.2, -0.15) is 0 Å². The third-order valence-electron chi connectivity index (χ3n) is 4.01. The Labute approximate surface area is 116 Å². The summed E-state index contributed by atoms with van der Waals surface area (Å²) < 4.78 is 5.43. The predicted molar refractivity (Wildman–Crippen MR) is 78.9 cm³/mol. The van der Waals surface area contributed by atoms with Crippen molar-refractivity contribution in [3.05, 3.63) is 35.4 Å². The summed E-state index contributed by atoms with van der Waals surface area (Å²) in [5.41, 5.74) is 5.71. The minimum absolute atomic E-state index is 0.344. The van der Waals surface area contributed by atoms with Gasteiger partial charge in [0.25, 0.3) is 0 Å². The summed E-state index contributed by atoms with van der Waals surface area (Å²) in [5.74, 6) is 6.94. The zero-order valence-electron chi connectivity index (χ0n) is 12.1. The molecule has 2 atom stereocenters. The maximum atomic E-state index is 5.69. The van der Waals surface area contributed by atoms with E-state index in [4.69, 9.17) is 10.6 Å². The fraction of sp³-hybridized carbons (Fsp3) is 0.625. The molecule has 3 nitrogen and oxygen atoms in total. The van der Waals surface area contributed by atoms with E-state index >= 15 is 0 Å². The zero-order valence-corrected chi connectivity index (χ0v) is 12.1. The highest BCUT2D eigenvalue weighted by Crippen LogP contribution is 2.20. The van der Waals surface area contributed by atoms with Gasteiger partial charge in [0.2, 0.25) is 0 Å². The van der Waals surface area contributed by atoms with Gasteiger partial charge in [-0.05, 0) is 42.2 Å². The molecule has 106 valence electrons. The molecule has 1 saturated heterocycles. The summed E-state index contributed by atoms with van der Waals surface area (Å²) in [6.07, 6.45) is 3.26. The molecule has 1 heterocycles. The van der Waals surface area contributed by atoms with E-state index < -0.39 is 0 Å². The highest BCUT2D eigenvalue weighted by Gasteiger charge is 2.20. The van der Waals surface area contributed by atoms with Crippen LogP contribution in [0.3, 0.4) is 0 Å². The van der Waals surface area contributed by atoms with E-state index in [0.29, 0.717) is 17.9 Å². The van der Waals surface area contributed by atoms with Gasteiger partial charge >= 0.3 is 0 Å². The van der Waals surface area contributed by atoms with Crippen molar-refractivity contribution < 1.29 is 4.74 Å². The molecule has 0 spiro atoms. The third-order valence-corrected chi connectivity index (χ3v) is 4.01. The SMILES string of the molecule is CC(C)c1ccc(CC(CC2CCOC2)NN)cc1. The van der Waals surface area contributed by atoms with Gasteiger partial charge < -0.3 is 4.74 Å². The lowest BCUT2D eigenvalue weighted by Crippen LogP contribution is -2.38. The Balaban J connectivity index is 1.89. The van der Waals surface area contributed by atoms with Gasteiger partial charge in [-0.25, -0.2) is 0 Å². The monoisotopic (exact) mass is 262 g/mol. The molecule has 1 fully saturated rings. The summed E-state index contributed by atoms with van der Waals surface area (Å²) in [7, 11) is 0. The molecule has 0 saturated carbocycles. The minimum Gasteiger partial charge on any atom is -0.381 e. The Hall–Kier alpha value is -0.900. The molecule has 0 amide bonds. The summed E-state index contributed by atoms with van der Waals surface area (Å²) in [4.78, 5) is 0. The van der Waals surface area contributed by atoms with E-state index in [1.807, 2.05) is 0 Å². The van der Waals surface area contributed by atoms with Gasteiger partial charge in [0.1, 0.15) is 0 Å². The maximum Gasteiger partial charge on any atom is 0.0495 e. The molecule has 1 aliphatic heterocycles. The highest BCUT2D eigenvalue weighted by atomic mass is 16.5. The number of rotatable bonds is 6. The van der Waals surface area contributed by atoms with E-state index in [2.05, 4.69) is 43.5 Å². The molecule has 1 aromatic carbocycles. The van der Waals surface area contributed by atoms with Crippen LogP contribution in [0, 0.1) is 5.92 Å². The lowest BCUT2D eigenvalue weighted by molar-refractivity contribution is 0.181. The molecular weight excluding hydrogens is 236 g/mol. The van der Waals surface area contributed by atoms with E-state index in [0.717, 1.165) is 26.1 Å². The van der Waals surface area contributed by atoms with Crippen molar-refractivity contribution in [2.45, 2.75) is 45.1 Å². The largest absolute Gasteiger partial charge is 0.381 e. The molecule has 3 heteroatoms. The van der Waals surface area contributed by atoms with Gasteiger partial charge in [-0.3, -0.25) is 11.3 Å². The number of hydrazine groups is 1. The number of nitrogens with two attached hydrogens (primary N) is 1. The first-order valence-electron chi connectivity index (χ1n) is 7.31. The molecule has 19 heavy (non-hydrogen) atoms. The minimum atomic E-state index is 0.344. The summed E-state index contributed by atoms with van der Waals surface area (Å²) >= 11 is 0. The van der Waals surface area contributed by atoms with Gasteiger partial charge in [0, 0.05) is 19.3 Å². The number of ether oxygens (including phenoxy) is 1. The second kappa shape index (κ2) is 7.04. The second-order valence-electron chi connectivity index (χ2n) is 5.93. The average molecular weight is 262 g/mol. The molecule has 2 rings (SSSR count). The number of hydrogen-bond acceptors (Lipinski definition) is 3. The van der Waals surface area contributed by atoms with E-state index in [-0.39, 0.29) is 0 Å². The molecule has 0 aliphatic carbocycles. The molecule has 0 aromatic heterocycles. The van der Waals surface area contributed by atoms with Gasteiger partial charge in [0.05, 0.1) is 0 Å². The van der Waals surface area contributed by atoms with E-state index in [1.165, 1.54) is 17.5 Å². The summed E-state index contributed by atoms with van der Waals surface area (Å²) in [6, 6.07) is 9.25. The molecule has 0 radical (unpaired) electrons. The van der Waals surface area contributed by atoms with Crippen molar-refractivity contribution in [3.63, 3.8) is 0 Å². The Morgan fingerprint density at radius 2 is 2.05 bits per heavy atom. The average Bonchev–Trinajstić information content (AvgIpc) is 2.91. The normalized spacial score (nSPS) is 20.9. The number of hydrogen-bond donors (Lipinski definition) is 2. The van der Waals surface area contributed by atoms with Crippen molar-refractivity contribution in [1.82, 2.24) is 5.43 Å². The third kappa shape index (κ3) is 4.30.